The Bertz CT molecular complexity index is 487. The number of nitrogens with one attached hydrogen (secondary N) is 1. The highest BCUT2D eigenvalue weighted by molar-refractivity contribution is 7.89. The van der Waals surface area contributed by atoms with Crippen LogP contribution in [0.4, 0.5) is 0 Å². The fraction of sp³-hybridized carbons (Fsp3) is 0.727. The van der Waals surface area contributed by atoms with E-state index in [0.717, 1.165) is 12.8 Å². The summed E-state index contributed by atoms with van der Waals surface area (Å²) in [6.07, 6.45) is 2.05. The molecule has 2 heterocycles. The third-order valence-electron chi connectivity index (χ3n) is 3.28. The van der Waals surface area contributed by atoms with Gasteiger partial charge in [0.2, 0.25) is 10.0 Å². The number of piperidine rings is 1. The van der Waals surface area contributed by atoms with E-state index in [-0.39, 0.29) is 0 Å². The number of aromatic nitrogens is 2. The predicted octanol–water partition coefficient (Wildman–Crippen LogP) is 1.45. The zero-order valence-electron chi connectivity index (χ0n) is 10.5. The van der Waals surface area contributed by atoms with Crippen molar-refractivity contribution in [3.05, 3.63) is 11.4 Å². The molecule has 2 rings (SSSR count). The van der Waals surface area contributed by atoms with E-state index in [1.807, 2.05) is 0 Å². The summed E-state index contributed by atoms with van der Waals surface area (Å²) in [5.74, 6) is 0.436. The highest BCUT2D eigenvalue weighted by Crippen LogP contribution is 2.26. The van der Waals surface area contributed by atoms with Gasteiger partial charge in [0, 0.05) is 13.1 Å². The first kappa shape index (κ1) is 12.6. The third kappa shape index (κ3) is 2.24. The van der Waals surface area contributed by atoms with Gasteiger partial charge in [-0.15, -0.1) is 0 Å². The molecule has 0 saturated carbocycles. The number of hydrogen-bond acceptors (Lipinski definition) is 3. The second kappa shape index (κ2) is 4.42. The molecule has 17 heavy (non-hydrogen) atoms. The SMILES string of the molecule is Cc1n[nH]c(C)c1S(=O)(=O)N1CCCC(C)C1. The molecule has 1 aliphatic rings. The van der Waals surface area contributed by atoms with Crippen LogP contribution in [0.2, 0.25) is 0 Å². The zero-order valence-corrected chi connectivity index (χ0v) is 11.3. The normalized spacial score (nSPS) is 22.9. The summed E-state index contributed by atoms with van der Waals surface area (Å²) in [7, 11) is -3.37. The summed E-state index contributed by atoms with van der Waals surface area (Å²) in [6, 6.07) is 0. The fourth-order valence-corrected chi connectivity index (χ4v) is 4.34. The lowest BCUT2D eigenvalue weighted by molar-refractivity contribution is 0.281. The van der Waals surface area contributed by atoms with Crippen LogP contribution >= 0.6 is 0 Å². The number of nitrogens with zero attached hydrogens (tertiary/aromatic N) is 2. The van der Waals surface area contributed by atoms with Gasteiger partial charge < -0.3 is 0 Å². The van der Waals surface area contributed by atoms with Gasteiger partial charge in [0.15, 0.2) is 0 Å². The van der Waals surface area contributed by atoms with E-state index in [2.05, 4.69) is 17.1 Å². The van der Waals surface area contributed by atoms with Crippen molar-refractivity contribution < 1.29 is 8.42 Å². The number of sulfonamides is 1. The van der Waals surface area contributed by atoms with E-state index in [9.17, 15) is 8.42 Å². The minimum Gasteiger partial charge on any atom is -0.281 e. The molecule has 1 aliphatic heterocycles. The Morgan fingerprint density at radius 1 is 1.41 bits per heavy atom. The van der Waals surface area contributed by atoms with Gasteiger partial charge >= 0.3 is 0 Å². The minimum atomic E-state index is -3.37. The Morgan fingerprint density at radius 3 is 2.65 bits per heavy atom. The van der Waals surface area contributed by atoms with Crippen molar-refractivity contribution in [2.75, 3.05) is 13.1 Å². The highest BCUT2D eigenvalue weighted by Gasteiger charge is 2.32. The molecule has 96 valence electrons. The molecular formula is C11H19N3O2S. The standard InChI is InChI=1S/C11H19N3O2S/c1-8-5-4-6-14(7-8)17(15,16)11-9(2)12-13-10(11)3/h8H,4-7H2,1-3H3,(H,12,13). The predicted molar refractivity (Wildman–Crippen MR) is 65.2 cm³/mol. The lowest BCUT2D eigenvalue weighted by atomic mass is 10.0. The molecule has 6 heteroatoms. The molecule has 0 amide bonds. The van der Waals surface area contributed by atoms with E-state index in [4.69, 9.17) is 0 Å². The maximum absolute atomic E-state index is 12.5. The topological polar surface area (TPSA) is 66.1 Å². The summed E-state index contributed by atoms with van der Waals surface area (Å²) in [6.45, 7) is 6.81. The molecule has 1 aromatic heterocycles. The Morgan fingerprint density at radius 2 is 2.12 bits per heavy atom. The van der Waals surface area contributed by atoms with Gasteiger partial charge in [-0.3, -0.25) is 5.10 Å². The second-order valence-corrected chi connectivity index (χ2v) is 6.75. The molecule has 1 N–H and O–H groups in total. The number of H-pyrrole nitrogens is 1. The van der Waals surface area contributed by atoms with E-state index < -0.39 is 10.0 Å². The maximum atomic E-state index is 12.5. The van der Waals surface area contributed by atoms with Crippen LogP contribution in [-0.4, -0.2) is 36.0 Å². The van der Waals surface area contributed by atoms with E-state index in [0.29, 0.717) is 35.3 Å². The number of rotatable bonds is 2. The fourth-order valence-electron chi connectivity index (χ4n) is 2.41. The van der Waals surface area contributed by atoms with Crippen molar-refractivity contribution in [2.45, 2.75) is 38.5 Å². The van der Waals surface area contributed by atoms with Crippen molar-refractivity contribution in [3.63, 3.8) is 0 Å². The molecule has 1 unspecified atom stereocenters. The van der Waals surface area contributed by atoms with Gasteiger partial charge in [0.05, 0.1) is 11.4 Å². The van der Waals surface area contributed by atoms with Crippen LogP contribution in [-0.2, 0) is 10.0 Å². The Balaban J connectivity index is 2.36. The monoisotopic (exact) mass is 257 g/mol. The smallest absolute Gasteiger partial charge is 0.246 e. The van der Waals surface area contributed by atoms with E-state index in [1.165, 1.54) is 0 Å². The molecule has 0 aliphatic carbocycles. The van der Waals surface area contributed by atoms with E-state index in [1.54, 1.807) is 18.2 Å². The molecule has 0 bridgehead atoms. The maximum Gasteiger partial charge on any atom is 0.246 e. The van der Waals surface area contributed by atoms with Crippen LogP contribution in [0.25, 0.3) is 0 Å². The largest absolute Gasteiger partial charge is 0.281 e. The first-order valence-electron chi connectivity index (χ1n) is 5.94. The molecule has 5 nitrogen and oxygen atoms in total. The van der Waals surface area contributed by atoms with Gasteiger partial charge in [-0.25, -0.2) is 8.42 Å². The van der Waals surface area contributed by atoms with Crippen molar-refractivity contribution in [3.8, 4) is 0 Å². The average Bonchev–Trinajstić information content (AvgIpc) is 2.59. The quantitative estimate of drug-likeness (QED) is 0.872. The summed E-state index contributed by atoms with van der Waals surface area (Å²) < 4.78 is 26.6. The van der Waals surface area contributed by atoms with Gasteiger partial charge in [-0.05, 0) is 32.6 Å². The van der Waals surface area contributed by atoms with Gasteiger partial charge in [0.1, 0.15) is 4.90 Å². The van der Waals surface area contributed by atoms with Crippen molar-refractivity contribution >= 4 is 10.0 Å². The minimum absolute atomic E-state index is 0.353. The molecule has 1 atom stereocenters. The van der Waals surface area contributed by atoms with E-state index >= 15 is 0 Å². The Hall–Kier alpha value is -0.880. The number of aromatic amines is 1. The first-order chi connectivity index (χ1) is 7.93. The Labute approximate surface area is 102 Å². The molecule has 0 radical (unpaired) electrons. The van der Waals surface area contributed by atoms with Crippen molar-refractivity contribution in [1.82, 2.24) is 14.5 Å². The van der Waals surface area contributed by atoms with Crippen LogP contribution in [0, 0.1) is 19.8 Å². The molecule has 1 aromatic rings. The van der Waals surface area contributed by atoms with Crippen LogP contribution in [0.5, 0.6) is 0 Å². The van der Waals surface area contributed by atoms with Crippen molar-refractivity contribution in [2.24, 2.45) is 5.92 Å². The van der Waals surface area contributed by atoms with Crippen LogP contribution < -0.4 is 0 Å². The molecule has 0 spiro atoms. The molecule has 0 aromatic carbocycles. The zero-order chi connectivity index (χ0) is 12.6. The van der Waals surface area contributed by atoms with Crippen LogP contribution in [0.15, 0.2) is 4.90 Å². The highest BCUT2D eigenvalue weighted by atomic mass is 32.2. The first-order valence-corrected chi connectivity index (χ1v) is 7.38. The lowest BCUT2D eigenvalue weighted by Crippen LogP contribution is -2.39. The summed E-state index contributed by atoms with van der Waals surface area (Å²) in [4.78, 5) is 0.353. The number of aryl methyl sites for hydroxylation is 2. The Kier molecular flexibility index (Phi) is 3.27. The van der Waals surface area contributed by atoms with Crippen molar-refractivity contribution in [1.29, 1.82) is 0 Å². The molecule has 1 fully saturated rings. The average molecular weight is 257 g/mol. The summed E-state index contributed by atoms with van der Waals surface area (Å²) >= 11 is 0. The third-order valence-corrected chi connectivity index (χ3v) is 5.41. The van der Waals surface area contributed by atoms with Gasteiger partial charge in [0.25, 0.3) is 0 Å². The van der Waals surface area contributed by atoms with Crippen LogP contribution in [0.1, 0.15) is 31.2 Å². The lowest BCUT2D eigenvalue weighted by Gasteiger charge is -2.30. The summed E-state index contributed by atoms with van der Waals surface area (Å²) in [5, 5.41) is 6.70. The number of hydrogen-bond donors (Lipinski definition) is 1. The van der Waals surface area contributed by atoms with Crippen LogP contribution in [0.3, 0.4) is 0 Å². The molecular weight excluding hydrogens is 238 g/mol. The molecule has 1 saturated heterocycles. The summed E-state index contributed by atoms with van der Waals surface area (Å²) in [5.41, 5.74) is 1.18. The second-order valence-electron chi connectivity index (χ2n) is 4.87. The van der Waals surface area contributed by atoms with Gasteiger partial charge in [-0.1, -0.05) is 6.92 Å². The van der Waals surface area contributed by atoms with Gasteiger partial charge in [-0.2, -0.15) is 9.40 Å².